The fourth-order valence-corrected chi connectivity index (χ4v) is 5.27. The Balaban J connectivity index is 1.73. The van der Waals surface area contributed by atoms with Crippen molar-refractivity contribution in [3.8, 4) is 5.69 Å². The molecule has 1 N–H and O–H groups in total. The van der Waals surface area contributed by atoms with E-state index in [1.807, 2.05) is 24.4 Å². The van der Waals surface area contributed by atoms with E-state index in [1.165, 1.54) is 28.2 Å². The van der Waals surface area contributed by atoms with Crippen molar-refractivity contribution < 1.29 is 0 Å². The summed E-state index contributed by atoms with van der Waals surface area (Å²) in [4.78, 5) is 6.94. The SMILES string of the molecule is Cc1c([C@H]2[C@H](c3ccccn3)NC(=S)N2c2ccccc2)c(C)n(-c2ccccc2)c1C. The molecule has 0 aliphatic carbocycles. The summed E-state index contributed by atoms with van der Waals surface area (Å²) in [6.07, 6.45) is 1.85. The number of hydrogen-bond acceptors (Lipinski definition) is 2. The largest absolute Gasteiger partial charge is 0.351 e. The van der Waals surface area contributed by atoms with Crippen molar-refractivity contribution in [2.24, 2.45) is 0 Å². The van der Waals surface area contributed by atoms with Crippen LogP contribution in [0.1, 0.15) is 40.3 Å². The average molecular weight is 439 g/mol. The van der Waals surface area contributed by atoms with Crippen molar-refractivity contribution in [2.75, 3.05) is 4.90 Å². The number of nitrogens with zero attached hydrogens (tertiary/aromatic N) is 3. The summed E-state index contributed by atoms with van der Waals surface area (Å²) in [5.41, 5.74) is 8.28. The van der Waals surface area contributed by atoms with E-state index in [9.17, 15) is 0 Å². The third-order valence-electron chi connectivity index (χ3n) is 6.45. The highest BCUT2D eigenvalue weighted by Gasteiger charge is 2.43. The number of thiocarbonyl (C=S) groups is 1. The molecule has 0 bridgehead atoms. The lowest BCUT2D eigenvalue weighted by Crippen LogP contribution is -2.29. The molecule has 32 heavy (non-hydrogen) atoms. The minimum atomic E-state index is -0.0488. The smallest absolute Gasteiger partial charge is 0.174 e. The molecule has 0 unspecified atom stereocenters. The van der Waals surface area contributed by atoms with E-state index in [-0.39, 0.29) is 12.1 Å². The van der Waals surface area contributed by atoms with E-state index in [4.69, 9.17) is 17.2 Å². The topological polar surface area (TPSA) is 33.1 Å². The normalized spacial score (nSPS) is 18.1. The first-order valence-corrected chi connectivity index (χ1v) is 11.3. The van der Waals surface area contributed by atoms with Gasteiger partial charge in [-0.2, -0.15) is 0 Å². The Labute approximate surface area is 194 Å². The van der Waals surface area contributed by atoms with Crippen molar-refractivity contribution in [1.82, 2.24) is 14.9 Å². The number of nitrogens with one attached hydrogen (secondary N) is 1. The molecule has 1 saturated heterocycles. The van der Waals surface area contributed by atoms with Gasteiger partial charge in [-0.1, -0.05) is 42.5 Å². The number of para-hydroxylation sites is 2. The van der Waals surface area contributed by atoms with Crippen molar-refractivity contribution in [2.45, 2.75) is 32.9 Å². The molecule has 160 valence electrons. The predicted octanol–water partition coefficient (Wildman–Crippen LogP) is 5.97. The third kappa shape index (κ3) is 3.30. The van der Waals surface area contributed by atoms with E-state index in [1.54, 1.807) is 0 Å². The van der Waals surface area contributed by atoms with Gasteiger partial charge >= 0.3 is 0 Å². The first-order valence-electron chi connectivity index (χ1n) is 10.9. The fraction of sp³-hybridized carbons (Fsp3) is 0.185. The van der Waals surface area contributed by atoms with Gasteiger partial charge in [0.2, 0.25) is 0 Å². The van der Waals surface area contributed by atoms with Crippen LogP contribution in [0.3, 0.4) is 0 Å². The van der Waals surface area contributed by atoms with Crippen LogP contribution in [0.25, 0.3) is 5.69 Å². The van der Waals surface area contributed by atoms with Crippen LogP contribution in [0.15, 0.2) is 85.1 Å². The third-order valence-corrected chi connectivity index (χ3v) is 6.76. The van der Waals surface area contributed by atoms with Gasteiger partial charge < -0.3 is 14.8 Å². The summed E-state index contributed by atoms with van der Waals surface area (Å²) in [6, 6.07) is 26.9. The maximum absolute atomic E-state index is 5.88. The summed E-state index contributed by atoms with van der Waals surface area (Å²) in [7, 11) is 0. The molecule has 2 aromatic carbocycles. The van der Waals surface area contributed by atoms with Crippen LogP contribution in [-0.4, -0.2) is 14.7 Å². The second kappa shape index (κ2) is 8.24. The molecule has 2 aromatic heterocycles. The first kappa shape index (κ1) is 20.5. The zero-order valence-corrected chi connectivity index (χ0v) is 19.3. The van der Waals surface area contributed by atoms with Crippen LogP contribution < -0.4 is 10.2 Å². The number of benzene rings is 2. The summed E-state index contributed by atoms with van der Waals surface area (Å²) in [5.74, 6) is 0. The molecule has 5 heteroatoms. The molecule has 4 aromatic rings. The number of rotatable bonds is 4. The Morgan fingerprint density at radius 1 is 0.781 bits per heavy atom. The Kier molecular flexibility index (Phi) is 5.27. The van der Waals surface area contributed by atoms with Gasteiger partial charge in [-0.05, 0) is 75.0 Å². The second-order valence-corrected chi connectivity index (χ2v) is 8.60. The summed E-state index contributed by atoms with van der Waals surface area (Å²) >= 11 is 5.88. The highest BCUT2D eigenvalue weighted by molar-refractivity contribution is 7.80. The lowest BCUT2D eigenvalue weighted by molar-refractivity contribution is 0.563. The lowest BCUT2D eigenvalue weighted by atomic mass is 9.93. The number of hydrogen-bond donors (Lipinski definition) is 1. The molecule has 0 amide bonds. The molecule has 1 aliphatic heterocycles. The predicted molar refractivity (Wildman–Crippen MR) is 134 cm³/mol. The van der Waals surface area contributed by atoms with Crippen LogP contribution in [0.5, 0.6) is 0 Å². The minimum absolute atomic E-state index is 0.0107. The molecule has 3 heterocycles. The van der Waals surface area contributed by atoms with Crippen LogP contribution in [0.2, 0.25) is 0 Å². The van der Waals surface area contributed by atoms with Crippen molar-refractivity contribution >= 4 is 23.0 Å². The minimum Gasteiger partial charge on any atom is -0.351 e. The quantitative estimate of drug-likeness (QED) is 0.398. The Morgan fingerprint density at radius 3 is 2.03 bits per heavy atom. The van der Waals surface area contributed by atoms with Crippen LogP contribution in [-0.2, 0) is 0 Å². The van der Waals surface area contributed by atoms with E-state index in [2.05, 4.69) is 96.2 Å². The standard InChI is InChI=1S/C27H26N4S/c1-18-19(2)30(21-12-6-4-7-13-21)20(3)24(18)26-25(23-16-10-11-17-28-23)29-27(32)31(26)22-14-8-5-9-15-22/h4-17,25-26H,1-3H3,(H,29,32)/t25-,26-/m0/s1. The zero-order chi connectivity index (χ0) is 22.2. The van der Waals surface area contributed by atoms with Gasteiger partial charge in [0.1, 0.15) is 0 Å². The molecule has 5 rings (SSSR count). The molecular formula is C27H26N4S. The van der Waals surface area contributed by atoms with E-state index in [0.29, 0.717) is 0 Å². The molecule has 0 saturated carbocycles. The molecule has 1 aliphatic rings. The van der Waals surface area contributed by atoms with Gasteiger partial charge in [-0.15, -0.1) is 0 Å². The Morgan fingerprint density at radius 2 is 1.41 bits per heavy atom. The van der Waals surface area contributed by atoms with Crippen molar-refractivity contribution in [3.63, 3.8) is 0 Å². The molecule has 4 nitrogen and oxygen atoms in total. The highest BCUT2D eigenvalue weighted by Crippen LogP contribution is 2.45. The number of anilines is 1. The molecule has 0 spiro atoms. The second-order valence-electron chi connectivity index (χ2n) is 8.21. The van der Waals surface area contributed by atoms with Crippen LogP contribution in [0, 0.1) is 20.8 Å². The average Bonchev–Trinajstić information content (AvgIpc) is 3.28. The van der Waals surface area contributed by atoms with Gasteiger partial charge in [0, 0.05) is 34.5 Å². The number of pyridine rings is 1. The van der Waals surface area contributed by atoms with Gasteiger partial charge in [0.15, 0.2) is 5.11 Å². The lowest BCUT2D eigenvalue weighted by Gasteiger charge is -2.29. The highest BCUT2D eigenvalue weighted by atomic mass is 32.1. The van der Waals surface area contributed by atoms with Gasteiger partial charge in [-0.3, -0.25) is 4.98 Å². The summed E-state index contributed by atoms with van der Waals surface area (Å²) in [5, 5.41) is 4.30. The maximum Gasteiger partial charge on any atom is 0.174 e. The zero-order valence-electron chi connectivity index (χ0n) is 18.5. The van der Waals surface area contributed by atoms with Gasteiger partial charge in [-0.25, -0.2) is 0 Å². The van der Waals surface area contributed by atoms with Crippen molar-refractivity contribution in [1.29, 1.82) is 0 Å². The Hall–Kier alpha value is -3.44. The van der Waals surface area contributed by atoms with E-state index < -0.39 is 0 Å². The van der Waals surface area contributed by atoms with Crippen molar-refractivity contribution in [3.05, 3.63) is 113 Å². The van der Waals surface area contributed by atoms with Gasteiger partial charge in [0.05, 0.1) is 17.8 Å². The monoisotopic (exact) mass is 438 g/mol. The molecule has 0 radical (unpaired) electrons. The molecule has 2 atom stereocenters. The summed E-state index contributed by atoms with van der Waals surface area (Å²) < 4.78 is 2.35. The van der Waals surface area contributed by atoms with Gasteiger partial charge in [0.25, 0.3) is 0 Å². The van der Waals surface area contributed by atoms with E-state index >= 15 is 0 Å². The van der Waals surface area contributed by atoms with Crippen LogP contribution in [0.4, 0.5) is 5.69 Å². The Bertz CT molecular complexity index is 1250. The molecule has 1 fully saturated rings. The molecular weight excluding hydrogens is 412 g/mol. The van der Waals surface area contributed by atoms with E-state index in [0.717, 1.165) is 16.5 Å². The number of aromatic nitrogens is 2. The fourth-order valence-electron chi connectivity index (χ4n) is 4.92. The maximum atomic E-state index is 5.88. The first-order chi connectivity index (χ1) is 15.6. The van der Waals surface area contributed by atoms with Crippen LogP contribution >= 0.6 is 12.2 Å². The summed E-state index contributed by atoms with van der Waals surface area (Å²) in [6.45, 7) is 6.63.